The van der Waals surface area contributed by atoms with Crippen molar-refractivity contribution in [2.75, 3.05) is 0 Å². The van der Waals surface area contributed by atoms with Gasteiger partial charge in [-0.15, -0.1) is 0 Å². The first-order valence-corrected chi connectivity index (χ1v) is 11.9. The molecule has 0 heterocycles. The van der Waals surface area contributed by atoms with Gasteiger partial charge in [0.2, 0.25) is 0 Å². The largest absolute Gasteiger partial charge is 0.257 e. The van der Waals surface area contributed by atoms with E-state index in [9.17, 15) is 0 Å². The Hall–Kier alpha value is -1.29. The fourth-order valence-corrected chi connectivity index (χ4v) is 4.73. The van der Waals surface area contributed by atoms with Crippen LogP contribution in [0, 0.1) is 0 Å². The van der Waals surface area contributed by atoms with Gasteiger partial charge in [0.05, 0.1) is 13.8 Å². The molecular formula is C18H20ClNSSi. The lowest BCUT2D eigenvalue weighted by molar-refractivity contribution is 1.47. The second-order valence-electron chi connectivity index (χ2n) is 5.95. The summed E-state index contributed by atoms with van der Waals surface area (Å²) in [6, 6.07) is 18.1. The third-order valence-corrected chi connectivity index (χ3v) is 7.89. The fraction of sp³-hybridized carbons (Fsp3) is 0.167. The summed E-state index contributed by atoms with van der Waals surface area (Å²) < 4.78 is 1.41. The van der Waals surface area contributed by atoms with E-state index in [0.717, 1.165) is 10.7 Å². The molecule has 0 aromatic heterocycles. The van der Waals surface area contributed by atoms with Crippen molar-refractivity contribution >= 4 is 43.3 Å². The number of nitrogens with zero attached hydrogens (tertiary/aromatic N) is 1. The lowest BCUT2D eigenvalue weighted by atomic mass is 10.3. The van der Waals surface area contributed by atoms with Crippen LogP contribution in [0.25, 0.3) is 0 Å². The molecule has 2 rings (SSSR count). The Morgan fingerprint density at radius 3 is 2.23 bits per heavy atom. The maximum absolute atomic E-state index is 5.88. The van der Waals surface area contributed by atoms with E-state index < -0.39 is 8.07 Å². The molecular weight excluding hydrogens is 326 g/mol. The molecule has 1 nitrogen and oxygen atoms in total. The van der Waals surface area contributed by atoms with E-state index in [4.69, 9.17) is 11.6 Å². The maximum atomic E-state index is 5.88. The zero-order valence-corrected chi connectivity index (χ0v) is 15.7. The number of benzene rings is 2. The zero-order valence-electron chi connectivity index (χ0n) is 13.1. The molecule has 22 heavy (non-hydrogen) atoms. The molecule has 0 atom stereocenters. The van der Waals surface area contributed by atoms with Crippen LogP contribution < -0.4 is 0 Å². The predicted molar refractivity (Wildman–Crippen MR) is 103 cm³/mol. The van der Waals surface area contributed by atoms with Gasteiger partial charge in [-0.3, -0.25) is 4.99 Å². The normalized spacial score (nSPS) is 12.8. The Labute approximate surface area is 143 Å². The average molecular weight is 346 g/mol. The van der Waals surface area contributed by atoms with Crippen LogP contribution in [0.15, 0.2) is 75.1 Å². The molecule has 0 fully saturated rings. The van der Waals surface area contributed by atoms with E-state index in [0.29, 0.717) is 0 Å². The molecule has 0 aliphatic heterocycles. The standard InChI is InChI=1S/C18H20ClNSSi/c1-22(2,3)18(21-17-7-5-4-6-8-17)13-14-20-16-11-9-15(19)10-12-16/h4-14H,1-3H3/b18-13+,20-14?. The Morgan fingerprint density at radius 1 is 1.00 bits per heavy atom. The van der Waals surface area contributed by atoms with Crippen LogP contribution >= 0.6 is 23.4 Å². The van der Waals surface area contributed by atoms with E-state index in [1.54, 1.807) is 0 Å². The summed E-state index contributed by atoms with van der Waals surface area (Å²) in [4.78, 5) is 5.77. The molecule has 0 aliphatic carbocycles. The topological polar surface area (TPSA) is 12.4 Å². The summed E-state index contributed by atoms with van der Waals surface area (Å²) in [6.07, 6.45) is 4.05. The lowest BCUT2D eigenvalue weighted by Crippen LogP contribution is -2.22. The second kappa shape index (κ2) is 7.81. The molecule has 0 unspecified atom stereocenters. The first kappa shape index (κ1) is 17.1. The van der Waals surface area contributed by atoms with E-state index in [1.165, 1.54) is 9.42 Å². The van der Waals surface area contributed by atoms with Crippen molar-refractivity contribution in [3.05, 3.63) is 70.2 Å². The predicted octanol–water partition coefficient (Wildman–Crippen LogP) is 6.60. The van der Waals surface area contributed by atoms with Crippen molar-refractivity contribution in [3.63, 3.8) is 0 Å². The number of halogens is 1. The van der Waals surface area contributed by atoms with Crippen molar-refractivity contribution in [1.82, 2.24) is 0 Å². The second-order valence-corrected chi connectivity index (χ2v) is 12.9. The highest BCUT2D eigenvalue weighted by atomic mass is 35.5. The number of rotatable bonds is 5. The molecule has 114 valence electrons. The number of hydrogen-bond donors (Lipinski definition) is 0. The van der Waals surface area contributed by atoms with Gasteiger partial charge < -0.3 is 0 Å². The Morgan fingerprint density at radius 2 is 1.64 bits per heavy atom. The third kappa shape index (κ3) is 5.48. The van der Waals surface area contributed by atoms with Crippen LogP contribution in [-0.2, 0) is 0 Å². The van der Waals surface area contributed by atoms with E-state index in [-0.39, 0.29) is 0 Å². The molecule has 0 aliphatic rings. The summed E-state index contributed by atoms with van der Waals surface area (Å²) >= 11 is 7.73. The average Bonchev–Trinajstić information content (AvgIpc) is 2.48. The van der Waals surface area contributed by atoms with Gasteiger partial charge in [0.25, 0.3) is 0 Å². The summed E-state index contributed by atoms with van der Waals surface area (Å²) in [5.74, 6) is 0. The van der Waals surface area contributed by atoms with E-state index in [1.807, 2.05) is 48.3 Å². The molecule has 0 spiro atoms. The number of allylic oxidation sites excluding steroid dienone is 1. The molecule has 0 bridgehead atoms. The Bertz CT molecular complexity index is 658. The molecule has 2 aromatic carbocycles. The van der Waals surface area contributed by atoms with E-state index in [2.05, 4.69) is 55.0 Å². The number of aliphatic imine (C=N–C) groups is 1. The molecule has 0 saturated carbocycles. The third-order valence-electron chi connectivity index (χ3n) is 2.99. The number of thioether (sulfide) groups is 1. The highest BCUT2D eigenvalue weighted by Gasteiger charge is 2.20. The zero-order chi connectivity index (χ0) is 16.0. The Balaban J connectivity index is 2.16. The van der Waals surface area contributed by atoms with Gasteiger partial charge in [0, 0.05) is 16.1 Å². The van der Waals surface area contributed by atoms with Crippen molar-refractivity contribution in [3.8, 4) is 0 Å². The summed E-state index contributed by atoms with van der Waals surface area (Å²) in [7, 11) is -1.40. The maximum Gasteiger partial charge on any atom is 0.0862 e. The van der Waals surface area contributed by atoms with Crippen molar-refractivity contribution in [2.24, 2.45) is 4.99 Å². The highest BCUT2D eigenvalue weighted by Crippen LogP contribution is 2.32. The van der Waals surface area contributed by atoms with Gasteiger partial charge in [-0.05, 0) is 47.0 Å². The fourth-order valence-electron chi connectivity index (χ4n) is 1.77. The molecule has 0 saturated heterocycles. The van der Waals surface area contributed by atoms with Crippen LogP contribution in [0.4, 0.5) is 5.69 Å². The van der Waals surface area contributed by atoms with Crippen LogP contribution in [0.2, 0.25) is 24.7 Å². The quantitative estimate of drug-likeness (QED) is 0.338. The van der Waals surface area contributed by atoms with Crippen LogP contribution in [0.5, 0.6) is 0 Å². The van der Waals surface area contributed by atoms with Crippen LogP contribution in [0.1, 0.15) is 0 Å². The molecule has 0 amide bonds. The van der Waals surface area contributed by atoms with Gasteiger partial charge in [-0.2, -0.15) is 0 Å². The van der Waals surface area contributed by atoms with Crippen molar-refractivity contribution in [2.45, 2.75) is 24.5 Å². The summed E-state index contributed by atoms with van der Waals surface area (Å²) in [5.41, 5.74) is 0.917. The SMILES string of the molecule is C[Si](C)(C)/C(=C/C=Nc1ccc(Cl)cc1)Sc1ccccc1. The minimum absolute atomic E-state index is 0.733. The molecule has 4 heteroatoms. The Kier molecular flexibility index (Phi) is 6.06. The van der Waals surface area contributed by atoms with Gasteiger partial charge in [0.1, 0.15) is 0 Å². The molecule has 0 radical (unpaired) electrons. The van der Waals surface area contributed by atoms with E-state index >= 15 is 0 Å². The summed E-state index contributed by atoms with van der Waals surface area (Å²) in [6.45, 7) is 7.06. The smallest absolute Gasteiger partial charge is 0.0862 e. The lowest BCUT2D eigenvalue weighted by Gasteiger charge is -2.19. The molecule has 0 N–H and O–H groups in total. The first-order valence-electron chi connectivity index (χ1n) is 7.18. The van der Waals surface area contributed by atoms with Crippen LogP contribution in [-0.4, -0.2) is 14.3 Å². The van der Waals surface area contributed by atoms with Gasteiger partial charge in [0.15, 0.2) is 0 Å². The van der Waals surface area contributed by atoms with Gasteiger partial charge >= 0.3 is 0 Å². The minimum Gasteiger partial charge on any atom is -0.257 e. The number of hydrogen-bond acceptors (Lipinski definition) is 2. The van der Waals surface area contributed by atoms with Crippen molar-refractivity contribution in [1.29, 1.82) is 0 Å². The highest BCUT2D eigenvalue weighted by molar-refractivity contribution is 8.05. The molecule has 2 aromatic rings. The summed E-state index contributed by atoms with van der Waals surface area (Å²) in [5, 5.41) is 0.733. The van der Waals surface area contributed by atoms with Crippen molar-refractivity contribution < 1.29 is 0 Å². The van der Waals surface area contributed by atoms with Gasteiger partial charge in [-0.1, -0.05) is 61.2 Å². The first-order chi connectivity index (χ1) is 10.4. The van der Waals surface area contributed by atoms with Gasteiger partial charge in [-0.25, -0.2) is 0 Å². The minimum atomic E-state index is -1.40. The van der Waals surface area contributed by atoms with Crippen LogP contribution in [0.3, 0.4) is 0 Å². The monoisotopic (exact) mass is 345 g/mol.